The van der Waals surface area contributed by atoms with Gasteiger partial charge >= 0.3 is 17.9 Å². The summed E-state index contributed by atoms with van der Waals surface area (Å²) in [6, 6.07) is 0. The first-order valence-electron chi connectivity index (χ1n) is 25.5. The van der Waals surface area contributed by atoms with Gasteiger partial charge in [0.25, 0.3) is 0 Å². The topological polar surface area (TPSA) is 78.9 Å². The molecule has 0 N–H and O–H groups in total. The molecule has 0 bridgehead atoms. The fourth-order valence-electron chi connectivity index (χ4n) is 6.92. The van der Waals surface area contributed by atoms with Crippen molar-refractivity contribution in [2.45, 2.75) is 245 Å². The summed E-state index contributed by atoms with van der Waals surface area (Å²) in [4.78, 5) is 38.0. The van der Waals surface area contributed by atoms with E-state index in [4.69, 9.17) is 14.2 Å². The van der Waals surface area contributed by atoms with E-state index in [2.05, 4.69) is 93.7 Å². The van der Waals surface area contributed by atoms with Gasteiger partial charge in [-0.15, -0.1) is 0 Å². The van der Waals surface area contributed by atoms with E-state index in [-0.39, 0.29) is 31.1 Å². The molecule has 0 aromatic rings. The molecule has 0 rings (SSSR count). The average Bonchev–Trinajstić information content (AvgIpc) is 3.26. The Morgan fingerprint density at radius 2 is 0.689 bits per heavy atom. The van der Waals surface area contributed by atoms with Crippen LogP contribution in [-0.4, -0.2) is 37.2 Å². The number of hydrogen-bond acceptors (Lipinski definition) is 6. The van der Waals surface area contributed by atoms with E-state index in [9.17, 15) is 14.4 Å². The van der Waals surface area contributed by atoms with Crippen molar-refractivity contribution in [3.05, 3.63) is 72.9 Å². The summed E-state index contributed by atoms with van der Waals surface area (Å²) in [6.45, 7) is 6.37. The van der Waals surface area contributed by atoms with Crippen LogP contribution >= 0.6 is 0 Å². The lowest BCUT2D eigenvalue weighted by atomic mass is 10.1. The molecule has 61 heavy (non-hydrogen) atoms. The van der Waals surface area contributed by atoms with Crippen LogP contribution in [0.15, 0.2) is 72.9 Å². The zero-order chi connectivity index (χ0) is 44.4. The Bertz CT molecular complexity index is 1160. The van der Waals surface area contributed by atoms with Gasteiger partial charge in [0.1, 0.15) is 13.2 Å². The van der Waals surface area contributed by atoms with Gasteiger partial charge in [0, 0.05) is 19.3 Å². The van der Waals surface area contributed by atoms with Gasteiger partial charge in [-0.3, -0.25) is 14.4 Å². The number of hydrogen-bond donors (Lipinski definition) is 0. The Morgan fingerprint density at radius 3 is 1.08 bits per heavy atom. The maximum atomic E-state index is 12.8. The highest BCUT2D eigenvalue weighted by atomic mass is 16.6. The molecule has 0 aromatic carbocycles. The number of carbonyl (C=O) groups excluding carboxylic acids is 3. The molecular formula is C55H94O6. The van der Waals surface area contributed by atoms with Gasteiger partial charge in [-0.25, -0.2) is 0 Å². The first-order valence-corrected chi connectivity index (χ1v) is 25.5. The SMILES string of the molecule is CC/C=C\C/C=C\CCCCCCCCCC(=O)OCC(COC(=O)CCCCCCCC/C=C\C=C/CCCCC)OC(=O)CCCCCCCCC/C=C\C/C=C\CC. The fourth-order valence-corrected chi connectivity index (χ4v) is 6.92. The molecule has 0 aliphatic heterocycles. The van der Waals surface area contributed by atoms with E-state index >= 15 is 0 Å². The van der Waals surface area contributed by atoms with Gasteiger partial charge in [-0.1, -0.05) is 196 Å². The Hall–Kier alpha value is -3.15. The first-order chi connectivity index (χ1) is 30.0. The summed E-state index contributed by atoms with van der Waals surface area (Å²) in [6.07, 6.45) is 61.6. The second kappa shape index (κ2) is 49.5. The molecule has 0 aromatic heterocycles. The minimum absolute atomic E-state index is 0.0870. The van der Waals surface area contributed by atoms with Crippen molar-refractivity contribution in [2.75, 3.05) is 13.2 Å². The van der Waals surface area contributed by atoms with Gasteiger partial charge in [0.05, 0.1) is 0 Å². The third-order valence-electron chi connectivity index (χ3n) is 10.7. The van der Waals surface area contributed by atoms with Crippen molar-refractivity contribution >= 4 is 17.9 Å². The van der Waals surface area contributed by atoms with Crippen LogP contribution in [0.25, 0.3) is 0 Å². The summed E-state index contributed by atoms with van der Waals surface area (Å²) < 4.78 is 16.8. The minimum atomic E-state index is -0.787. The molecule has 0 spiro atoms. The van der Waals surface area contributed by atoms with Crippen LogP contribution in [0.4, 0.5) is 0 Å². The zero-order valence-corrected chi connectivity index (χ0v) is 39.9. The fraction of sp³-hybridized carbons (Fsp3) is 0.727. The zero-order valence-electron chi connectivity index (χ0n) is 39.9. The van der Waals surface area contributed by atoms with Crippen molar-refractivity contribution in [3.8, 4) is 0 Å². The number of carbonyl (C=O) groups is 3. The summed E-state index contributed by atoms with van der Waals surface area (Å²) >= 11 is 0. The molecule has 6 heteroatoms. The number of esters is 3. The number of rotatable bonds is 45. The van der Waals surface area contributed by atoms with Crippen LogP contribution in [0, 0.1) is 0 Å². The Balaban J connectivity index is 4.42. The third kappa shape index (κ3) is 47.7. The van der Waals surface area contributed by atoms with E-state index in [1.165, 1.54) is 96.3 Å². The van der Waals surface area contributed by atoms with E-state index in [0.29, 0.717) is 19.3 Å². The smallest absolute Gasteiger partial charge is 0.306 e. The van der Waals surface area contributed by atoms with Gasteiger partial charge < -0.3 is 14.2 Å². The minimum Gasteiger partial charge on any atom is -0.462 e. The Morgan fingerprint density at radius 1 is 0.361 bits per heavy atom. The first kappa shape index (κ1) is 57.9. The van der Waals surface area contributed by atoms with Crippen LogP contribution in [-0.2, 0) is 28.6 Å². The summed E-state index contributed by atoms with van der Waals surface area (Å²) in [5.41, 5.74) is 0. The Labute approximate surface area is 376 Å². The van der Waals surface area contributed by atoms with Crippen LogP contribution in [0.1, 0.15) is 239 Å². The molecule has 0 radical (unpaired) electrons. The van der Waals surface area contributed by atoms with Gasteiger partial charge in [-0.2, -0.15) is 0 Å². The normalized spacial score (nSPS) is 12.6. The molecular weight excluding hydrogens is 757 g/mol. The highest BCUT2D eigenvalue weighted by Gasteiger charge is 2.19. The lowest BCUT2D eigenvalue weighted by Crippen LogP contribution is -2.30. The molecule has 1 atom stereocenters. The second-order valence-corrected chi connectivity index (χ2v) is 16.7. The van der Waals surface area contributed by atoms with Crippen molar-refractivity contribution in [3.63, 3.8) is 0 Å². The average molecular weight is 851 g/mol. The van der Waals surface area contributed by atoms with Gasteiger partial charge in [-0.05, 0) is 96.3 Å². The molecule has 0 fully saturated rings. The van der Waals surface area contributed by atoms with Crippen LogP contribution in [0.5, 0.6) is 0 Å². The summed E-state index contributed by atoms with van der Waals surface area (Å²) in [5, 5.41) is 0. The number of allylic oxidation sites excluding steroid dienone is 12. The monoisotopic (exact) mass is 851 g/mol. The summed E-state index contributed by atoms with van der Waals surface area (Å²) in [7, 11) is 0. The molecule has 6 nitrogen and oxygen atoms in total. The van der Waals surface area contributed by atoms with Crippen molar-refractivity contribution in [1.29, 1.82) is 0 Å². The summed E-state index contributed by atoms with van der Waals surface area (Å²) in [5.74, 6) is -0.914. The maximum Gasteiger partial charge on any atom is 0.306 e. The maximum absolute atomic E-state index is 12.8. The lowest BCUT2D eigenvalue weighted by Gasteiger charge is -2.18. The van der Waals surface area contributed by atoms with Crippen molar-refractivity contribution in [2.24, 2.45) is 0 Å². The van der Waals surface area contributed by atoms with E-state index in [1.807, 2.05) is 0 Å². The standard InChI is InChI=1S/C55H94O6/c1-4-7-10-13-16-19-22-25-28-31-33-36-39-42-45-48-54(57)60-51-52(61-55(58)49-46-43-40-37-34-30-27-24-21-18-15-12-9-6-3)50-59-53(56)47-44-41-38-35-32-29-26-23-20-17-14-11-8-5-2/h8-9,11-12,16-22,25,52H,4-7,10,13-15,23-24,26-51H2,1-3H3/b11-8-,12-9-,19-16-,20-17-,21-18-,25-22-. The predicted octanol–water partition coefficient (Wildman–Crippen LogP) is 16.6. The highest BCUT2D eigenvalue weighted by molar-refractivity contribution is 5.71. The third-order valence-corrected chi connectivity index (χ3v) is 10.7. The predicted molar refractivity (Wildman–Crippen MR) is 261 cm³/mol. The molecule has 0 amide bonds. The lowest BCUT2D eigenvalue weighted by molar-refractivity contribution is -0.167. The molecule has 1 unspecified atom stereocenters. The molecule has 0 heterocycles. The van der Waals surface area contributed by atoms with Crippen LogP contribution < -0.4 is 0 Å². The molecule has 350 valence electrons. The highest BCUT2D eigenvalue weighted by Crippen LogP contribution is 2.14. The van der Waals surface area contributed by atoms with Gasteiger partial charge in [0.2, 0.25) is 0 Å². The number of unbranched alkanes of at least 4 members (excludes halogenated alkanes) is 23. The van der Waals surface area contributed by atoms with Crippen molar-refractivity contribution < 1.29 is 28.6 Å². The van der Waals surface area contributed by atoms with E-state index in [1.54, 1.807) is 0 Å². The Kier molecular flexibility index (Phi) is 46.9. The number of ether oxygens (including phenoxy) is 3. The second-order valence-electron chi connectivity index (χ2n) is 16.7. The van der Waals surface area contributed by atoms with Crippen molar-refractivity contribution in [1.82, 2.24) is 0 Å². The molecule has 0 aliphatic carbocycles. The van der Waals surface area contributed by atoms with E-state index in [0.717, 1.165) is 103 Å². The molecule has 0 saturated heterocycles. The largest absolute Gasteiger partial charge is 0.462 e. The quantitative estimate of drug-likeness (QED) is 0.0200. The van der Waals surface area contributed by atoms with E-state index < -0.39 is 6.10 Å². The van der Waals surface area contributed by atoms with Crippen LogP contribution in [0.3, 0.4) is 0 Å². The van der Waals surface area contributed by atoms with Gasteiger partial charge in [0.15, 0.2) is 6.10 Å². The molecule has 0 aliphatic rings. The molecule has 0 saturated carbocycles. The van der Waals surface area contributed by atoms with Crippen LogP contribution in [0.2, 0.25) is 0 Å².